The Morgan fingerprint density at radius 3 is 2.72 bits per heavy atom. The van der Waals surface area contributed by atoms with Crippen LogP contribution >= 0.6 is 0 Å². The Bertz CT molecular complexity index is 948. The second-order valence-electron chi connectivity index (χ2n) is 7.96. The highest BCUT2D eigenvalue weighted by Crippen LogP contribution is 2.54. The number of hydrazine groups is 1. The third kappa shape index (κ3) is 2.65. The number of carbonyl (C=O) groups is 1. The first-order valence-electron chi connectivity index (χ1n) is 10.0. The van der Waals surface area contributed by atoms with E-state index in [9.17, 15) is 9.90 Å². The predicted molar refractivity (Wildman–Crippen MR) is 107 cm³/mol. The molecule has 4 N–H and O–H groups in total. The number of rotatable bonds is 4. The van der Waals surface area contributed by atoms with Crippen molar-refractivity contribution in [3.05, 3.63) is 59.2 Å². The fourth-order valence-corrected chi connectivity index (χ4v) is 5.04. The summed E-state index contributed by atoms with van der Waals surface area (Å²) in [6, 6.07) is 13.7. The number of benzene rings is 2. The van der Waals surface area contributed by atoms with Gasteiger partial charge in [0.1, 0.15) is 0 Å². The second kappa shape index (κ2) is 6.73. The molecule has 3 aliphatic rings. The lowest BCUT2D eigenvalue weighted by Gasteiger charge is -2.50. The standard InChI is InChI=1S/C22H25N3O4/c1-3-12-7-9-13(10-8-12)18-17-20(25-24-18)23-15-11-22(17,21(26)27)29-19-14(15)5-4-6-16(19)28-2/h4-10,15,17-18,20,23-25H,3,11H2,1-2H3,(H,26,27). The van der Waals surface area contributed by atoms with E-state index in [0.717, 1.165) is 17.5 Å². The van der Waals surface area contributed by atoms with Gasteiger partial charge in [-0.15, -0.1) is 0 Å². The van der Waals surface area contributed by atoms with E-state index < -0.39 is 11.6 Å². The van der Waals surface area contributed by atoms with Crippen LogP contribution in [0.5, 0.6) is 11.5 Å². The Morgan fingerprint density at radius 2 is 2.03 bits per heavy atom. The van der Waals surface area contributed by atoms with Crippen LogP contribution < -0.4 is 25.6 Å². The summed E-state index contributed by atoms with van der Waals surface area (Å²) in [4.78, 5) is 12.7. The van der Waals surface area contributed by atoms with Gasteiger partial charge in [-0.1, -0.05) is 43.3 Å². The number of aryl methyl sites for hydroxylation is 1. The van der Waals surface area contributed by atoms with E-state index in [1.54, 1.807) is 13.2 Å². The molecule has 152 valence electrons. The van der Waals surface area contributed by atoms with E-state index in [4.69, 9.17) is 9.47 Å². The van der Waals surface area contributed by atoms with Gasteiger partial charge in [0.05, 0.1) is 25.2 Å². The highest BCUT2D eigenvalue weighted by Gasteiger charge is 2.64. The molecule has 3 aliphatic heterocycles. The number of para-hydroxylation sites is 1. The summed E-state index contributed by atoms with van der Waals surface area (Å²) in [7, 11) is 1.57. The molecule has 5 atom stereocenters. The van der Waals surface area contributed by atoms with Crippen molar-refractivity contribution in [2.45, 2.75) is 43.6 Å². The lowest BCUT2D eigenvalue weighted by atomic mass is 9.69. The first-order chi connectivity index (χ1) is 14.1. The van der Waals surface area contributed by atoms with Gasteiger partial charge in [-0.05, 0) is 23.6 Å². The monoisotopic (exact) mass is 395 g/mol. The minimum absolute atomic E-state index is 0.137. The third-order valence-corrected chi connectivity index (χ3v) is 6.54. The number of hydrogen-bond donors (Lipinski definition) is 4. The van der Waals surface area contributed by atoms with Crippen molar-refractivity contribution in [2.24, 2.45) is 5.92 Å². The highest BCUT2D eigenvalue weighted by molar-refractivity contribution is 5.80. The summed E-state index contributed by atoms with van der Waals surface area (Å²) in [5, 5.41) is 14.0. The highest BCUT2D eigenvalue weighted by atomic mass is 16.6. The lowest BCUT2D eigenvalue weighted by molar-refractivity contribution is -0.170. The van der Waals surface area contributed by atoms with Crippen LogP contribution in [0, 0.1) is 5.92 Å². The molecule has 3 heterocycles. The van der Waals surface area contributed by atoms with Gasteiger partial charge in [0.25, 0.3) is 0 Å². The summed E-state index contributed by atoms with van der Waals surface area (Å²) in [6.45, 7) is 2.12. The van der Waals surface area contributed by atoms with Gasteiger partial charge in [-0.3, -0.25) is 5.32 Å². The quantitative estimate of drug-likeness (QED) is 0.631. The number of nitrogens with one attached hydrogen (secondary N) is 3. The zero-order valence-electron chi connectivity index (χ0n) is 16.4. The molecule has 0 aromatic heterocycles. The number of hydrogen-bond acceptors (Lipinski definition) is 6. The van der Waals surface area contributed by atoms with Gasteiger partial charge < -0.3 is 14.6 Å². The number of fused-ring (bicyclic) bond motifs is 6. The van der Waals surface area contributed by atoms with Crippen LogP contribution in [0.3, 0.4) is 0 Å². The molecule has 7 heteroatoms. The normalized spacial score (nSPS) is 32.1. The van der Waals surface area contributed by atoms with Crippen molar-refractivity contribution in [3.63, 3.8) is 0 Å². The molecule has 0 radical (unpaired) electrons. The molecule has 2 saturated heterocycles. The molecule has 0 saturated carbocycles. The molecular formula is C22H25N3O4. The van der Waals surface area contributed by atoms with E-state index in [0.29, 0.717) is 17.9 Å². The van der Waals surface area contributed by atoms with Gasteiger partial charge >= 0.3 is 5.97 Å². The third-order valence-electron chi connectivity index (χ3n) is 6.54. The Labute approximate surface area is 169 Å². The van der Waals surface area contributed by atoms with Crippen LogP contribution in [0.2, 0.25) is 0 Å². The number of methoxy groups -OCH3 is 1. The fourth-order valence-electron chi connectivity index (χ4n) is 5.04. The molecule has 0 amide bonds. The topological polar surface area (TPSA) is 91.9 Å². The van der Waals surface area contributed by atoms with Crippen molar-refractivity contribution in [3.8, 4) is 11.5 Å². The molecule has 0 spiro atoms. The number of aliphatic carboxylic acids is 1. The van der Waals surface area contributed by atoms with E-state index in [1.807, 2.05) is 12.1 Å². The average Bonchev–Trinajstić information content (AvgIpc) is 3.18. The summed E-state index contributed by atoms with van der Waals surface area (Å²) < 4.78 is 11.8. The van der Waals surface area contributed by atoms with E-state index in [2.05, 4.69) is 47.4 Å². The van der Waals surface area contributed by atoms with Crippen molar-refractivity contribution in [1.82, 2.24) is 16.2 Å². The molecule has 2 aromatic rings. The Morgan fingerprint density at radius 1 is 1.24 bits per heavy atom. The number of carboxylic acids is 1. The van der Waals surface area contributed by atoms with Gasteiger partial charge in [0.15, 0.2) is 11.5 Å². The van der Waals surface area contributed by atoms with Crippen LogP contribution in [0.15, 0.2) is 42.5 Å². The molecule has 7 nitrogen and oxygen atoms in total. The van der Waals surface area contributed by atoms with E-state index >= 15 is 0 Å². The summed E-state index contributed by atoms with van der Waals surface area (Å²) >= 11 is 0. The van der Waals surface area contributed by atoms with Crippen LogP contribution in [0.1, 0.15) is 42.1 Å². The largest absolute Gasteiger partial charge is 0.493 e. The Kier molecular flexibility index (Phi) is 4.27. The summed E-state index contributed by atoms with van der Waals surface area (Å²) in [5.74, 6) is -0.217. The van der Waals surface area contributed by atoms with Crippen LogP contribution in [0.25, 0.3) is 0 Å². The molecule has 0 aliphatic carbocycles. The Hall–Kier alpha value is -2.61. The molecule has 2 aromatic carbocycles. The summed E-state index contributed by atoms with van der Waals surface area (Å²) in [5.41, 5.74) is 8.43. The maximum Gasteiger partial charge on any atom is 0.348 e. The minimum Gasteiger partial charge on any atom is -0.493 e. The van der Waals surface area contributed by atoms with Gasteiger partial charge in [-0.25, -0.2) is 15.6 Å². The molecule has 5 unspecified atom stereocenters. The molecular weight excluding hydrogens is 370 g/mol. The van der Waals surface area contributed by atoms with Crippen molar-refractivity contribution >= 4 is 5.97 Å². The van der Waals surface area contributed by atoms with Gasteiger partial charge in [0, 0.05) is 18.0 Å². The van der Waals surface area contributed by atoms with Crippen LogP contribution in [0.4, 0.5) is 0 Å². The molecule has 2 fully saturated rings. The maximum atomic E-state index is 12.7. The average molecular weight is 395 g/mol. The van der Waals surface area contributed by atoms with Crippen molar-refractivity contribution in [1.29, 1.82) is 0 Å². The number of piperidine rings is 1. The first kappa shape index (κ1) is 18.4. The summed E-state index contributed by atoms with van der Waals surface area (Å²) in [6.07, 6.45) is 1.08. The van der Waals surface area contributed by atoms with Crippen LogP contribution in [-0.2, 0) is 11.2 Å². The zero-order chi connectivity index (χ0) is 20.2. The van der Waals surface area contributed by atoms with Gasteiger partial charge in [-0.2, -0.15) is 0 Å². The van der Waals surface area contributed by atoms with Crippen molar-refractivity contribution in [2.75, 3.05) is 7.11 Å². The molecule has 5 rings (SSSR count). The van der Waals surface area contributed by atoms with Gasteiger partial charge in [0.2, 0.25) is 5.60 Å². The lowest BCUT2D eigenvalue weighted by Crippen LogP contribution is -2.66. The number of carboxylic acid groups (broad SMARTS) is 1. The van der Waals surface area contributed by atoms with Crippen LogP contribution in [-0.4, -0.2) is 30.0 Å². The minimum atomic E-state index is -1.37. The van der Waals surface area contributed by atoms with Crippen molar-refractivity contribution < 1.29 is 19.4 Å². The smallest absolute Gasteiger partial charge is 0.348 e. The zero-order valence-corrected chi connectivity index (χ0v) is 16.4. The first-order valence-corrected chi connectivity index (χ1v) is 10.0. The fraction of sp³-hybridized carbons (Fsp3) is 0.409. The second-order valence-corrected chi connectivity index (χ2v) is 7.96. The molecule has 2 bridgehead atoms. The van der Waals surface area contributed by atoms with E-state index in [1.165, 1.54) is 5.56 Å². The maximum absolute atomic E-state index is 12.7. The SMILES string of the molecule is CCc1ccc(C2NNC3NC4CC(C(=O)O)(Oc5c(OC)cccc54)C32)cc1. The predicted octanol–water partition coefficient (Wildman–Crippen LogP) is 2.30. The number of ether oxygens (including phenoxy) is 2. The Balaban J connectivity index is 1.60. The van der Waals surface area contributed by atoms with E-state index in [-0.39, 0.29) is 24.2 Å². The molecule has 29 heavy (non-hydrogen) atoms.